The van der Waals surface area contributed by atoms with Crippen molar-refractivity contribution in [1.29, 1.82) is 0 Å². The maximum absolute atomic E-state index is 4.74. The van der Waals surface area contributed by atoms with E-state index >= 15 is 0 Å². The lowest BCUT2D eigenvalue weighted by atomic mass is 10.1. The van der Waals surface area contributed by atoms with Crippen molar-refractivity contribution in [3.63, 3.8) is 0 Å². The molecule has 1 aromatic heterocycles. The number of likely N-dealkylation sites (N-methyl/N-ethyl adjacent to an activating group) is 1. The minimum Gasteiger partial charge on any atom is -0.356 e. The molecule has 0 saturated heterocycles. The Bertz CT molecular complexity index is 436. The summed E-state index contributed by atoms with van der Waals surface area (Å²) >= 11 is 0. The number of nitrogens with one attached hydrogen (secondary N) is 1. The highest BCUT2D eigenvalue weighted by Crippen LogP contribution is 2.22. The smallest absolute Gasteiger partial charge is 0.129 e. The van der Waals surface area contributed by atoms with Crippen molar-refractivity contribution in [3.05, 3.63) is 36.0 Å². The second kappa shape index (κ2) is 6.20. The van der Waals surface area contributed by atoms with E-state index < -0.39 is 0 Å². The molecule has 0 radical (unpaired) electrons. The Morgan fingerprint density at radius 1 is 1.47 bits per heavy atom. The molecule has 104 valence electrons. The standard InChI is InChI=1S/C16H25N3/c1-5-8-19(4)16-10-13(11-17-14-6-7-14)9-15(18-16)12(2)3/h5,9-10,12,14,17H,1,6-8,11H2,2-4H3. The van der Waals surface area contributed by atoms with Crippen LogP contribution in [0.3, 0.4) is 0 Å². The third-order valence-corrected chi connectivity index (χ3v) is 3.45. The van der Waals surface area contributed by atoms with Gasteiger partial charge in [0.15, 0.2) is 0 Å². The van der Waals surface area contributed by atoms with Crippen molar-refractivity contribution < 1.29 is 0 Å². The molecule has 1 heterocycles. The summed E-state index contributed by atoms with van der Waals surface area (Å²) in [4.78, 5) is 6.88. The normalized spacial score (nSPS) is 14.7. The summed E-state index contributed by atoms with van der Waals surface area (Å²) < 4.78 is 0. The maximum Gasteiger partial charge on any atom is 0.129 e. The number of nitrogens with zero attached hydrogens (tertiary/aromatic N) is 2. The minimum atomic E-state index is 0.455. The molecule has 0 aliphatic heterocycles. The summed E-state index contributed by atoms with van der Waals surface area (Å²) in [6, 6.07) is 5.15. The molecule has 0 unspecified atom stereocenters. The zero-order chi connectivity index (χ0) is 13.8. The summed E-state index contributed by atoms with van der Waals surface area (Å²) in [5.74, 6) is 1.50. The van der Waals surface area contributed by atoms with Crippen LogP contribution in [-0.4, -0.2) is 24.6 Å². The molecule has 19 heavy (non-hydrogen) atoms. The van der Waals surface area contributed by atoms with E-state index in [1.165, 1.54) is 24.1 Å². The van der Waals surface area contributed by atoms with Crippen LogP contribution in [0.5, 0.6) is 0 Å². The Morgan fingerprint density at radius 2 is 2.21 bits per heavy atom. The molecule has 1 N–H and O–H groups in total. The van der Waals surface area contributed by atoms with E-state index in [1.807, 2.05) is 6.08 Å². The second-order valence-electron chi connectivity index (χ2n) is 5.74. The first-order valence-electron chi connectivity index (χ1n) is 7.16. The second-order valence-corrected chi connectivity index (χ2v) is 5.74. The van der Waals surface area contributed by atoms with Gasteiger partial charge in [0.05, 0.1) is 0 Å². The monoisotopic (exact) mass is 259 g/mol. The van der Waals surface area contributed by atoms with E-state index in [9.17, 15) is 0 Å². The molecule has 2 rings (SSSR count). The van der Waals surface area contributed by atoms with Gasteiger partial charge in [0.2, 0.25) is 0 Å². The zero-order valence-corrected chi connectivity index (χ0v) is 12.3. The van der Waals surface area contributed by atoms with Crippen LogP contribution in [0.2, 0.25) is 0 Å². The number of anilines is 1. The summed E-state index contributed by atoms with van der Waals surface area (Å²) in [6.07, 6.45) is 4.56. The number of hydrogen-bond acceptors (Lipinski definition) is 3. The predicted molar refractivity (Wildman–Crippen MR) is 81.7 cm³/mol. The Labute approximate surface area is 116 Å². The van der Waals surface area contributed by atoms with Crippen molar-refractivity contribution >= 4 is 5.82 Å². The van der Waals surface area contributed by atoms with Crippen LogP contribution in [0.15, 0.2) is 24.8 Å². The minimum absolute atomic E-state index is 0.455. The third-order valence-electron chi connectivity index (χ3n) is 3.45. The maximum atomic E-state index is 4.74. The summed E-state index contributed by atoms with van der Waals surface area (Å²) in [7, 11) is 2.06. The van der Waals surface area contributed by atoms with Crippen molar-refractivity contribution in [3.8, 4) is 0 Å². The van der Waals surface area contributed by atoms with Gasteiger partial charge in [-0.1, -0.05) is 19.9 Å². The quantitative estimate of drug-likeness (QED) is 0.763. The Hall–Kier alpha value is -1.35. The van der Waals surface area contributed by atoms with Crippen LogP contribution in [0.1, 0.15) is 43.9 Å². The third kappa shape index (κ3) is 4.06. The van der Waals surface area contributed by atoms with Gasteiger partial charge < -0.3 is 10.2 Å². The van der Waals surface area contributed by atoms with E-state index in [0.29, 0.717) is 5.92 Å². The van der Waals surface area contributed by atoms with Crippen molar-refractivity contribution in [2.45, 2.75) is 45.2 Å². The van der Waals surface area contributed by atoms with Gasteiger partial charge in [-0.05, 0) is 36.5 Å². The van der Waals surface area contributed by atoms with Crippen molar-refractivity contribution in [2.75, 3.05) is 18.5 Å². The highest BCUT2D eigenvalue weighted by Gasteiger charge is 2.20. The zero-order valence-electron chi connectivity index (χ0n) is 12.3. The van der Waals surface area contributed by atoms with Crippen LogP contribution in [0.25, 0.3) is 0 Å². The lowest BCUT2D eigenvalue weighted by molar-refractivity contribution is 0.683. The van der Waals surface area contributed by atoms with Crippen molar-refractivity contribution in [1.82, 2.24) is 10.3 Å². The first-order valence-corrected chi connectivity index (χ1v) is 7.16. The fourth-order valence-electron chi connectivity index (χ4n) is 2.02. The largest absolute Gasteiger partial charge is 0.356 e. The van der Waals surface area contributed by atoms with E-state index in [1.54, 1.807) is 0 Å². The van der Waals surface area contributed by atoms with Crippen LogP contribution < -0.4 is 10.2 Å². The van der Waals surface area contributed by atoms with Gasteiger partial charge in [-0.3, -0.25) is 0 Å². The molecule has 0 bridgehead atoms. The molecular formula is C16H25N3. The Morgan fingerprint density at radius 3 is 2.79 bits per heavy atom. The van der Waals surface area contributed by atoms with Crippen molar-refractivity contribution in [2.24, 2.45) is 0 Å². The first-order chi connectivity index (χ1) is 9.10. The SMILES string of the molecule is C=CCN(C)c1cc(CNC2CC2)cc(C(C)C)n1. The van der Waals surface area contributed by atoms with Gasteiger partial charge in [0, 0.05) is 31.9 Å². The highest BCUT2D eigenvalue weighted by atomic mass is 15.2. The predicted octanol–water partition coefficient (Wildman–Crippen LogP) is 3.08. The molecule has 1 aliphatic rings. The fourth-order valence-corrected chi connectivity index (χ4v) is 2.02. The van der Waals surface area contributed by atoms with E-state index in [-0.39, 0.29) is 0 Å². The molecule has 1 aliphatic carbocycles. The molecular weight excluding hydrogens is 234 g/mol. The van der Waals surface area contributed by atoms with Crippen LogP contribution in [0.4, 0.5) is 5.82 Å². The van der Waals surface area contributed by atoms with E-state index in [2.05, 4.69) is 49.8 Å². The molecule has 1 fully saturated rings. The topological polar surface area (TPSA) is 28.2 Å². The molecule has 1 aromatic rings. The highest BCUT2D eigenvalue weighted by molar-refractivity contribution is 5.43. The molecule has 3 heteroatoms. The van der Waals surface area contributed by atoms with Gasteiger partial charge in [0.1, 0.15) is 5.82 Å². The van der Waals surface area contributed by atoms with Gasteiger partial charge in [0.25, 0.3) is 0 Å². The average Bonchev–Trinajstić information content (AvgIpc) is 3.20. The lowest BCUT2D eigenvalue weighted by Gasteiger charge is -2.19. The number of rotatable bonds is 7. The fraction of sp³-hybridized carbons (Fsp3) is 0.562. The molecule has 0 atom stereocenters. The average molecular weight is 259 g/mol. The Kier molecular flexibility index (Phi) is 4.59. The number of hydrogen-bond donors (Lipinski definition) is 1. The molecule has 0 aromatic carbocycles. The number of aromatic nitrogens is 1. The summed E-state index contributed by atoms with van der Waals surface area (Å²) in [5.41, 5.74) is 2.50. The van der Waals surface area contributed by atoms with Crippen LogP contribution >= 0.6 is 0 Å². The molecule has 0 amide bonds. The van der Waals surface area contributed by atoms with Crippen LogP contribution in [-0.2, 0) is 6.54 Å². The molecule has 1 saturated carbocycles. The van der Waals surface area contributed by atoms with Gasteiger partial charge in [-0.25, -0.2) is 4.98 Å². The summed E-state index contributed by atoms with van der Waals surface area (Å²) in [5, 5.41) is 3.57. The van der Waals surface area contributed by atoms with E-state index in [0.717, 1.165) is 24.9 Å². The van der Waals surface area contributed by atoms with Gasteiger partial charge >= 0.3 is 0 Å². The molecule has 3 nitrogen and oxygen atoms in total. The first kappa shape index (κ1) is 14.1. The van der Waals surface area contributed by atoms with Gasteiger partial charge in [-0.15, -0.1) is 6.58 Å². The van der Waals surface area contributed by atoms with E-state index in [4.69, 9.17) is 4.98 Å². The molecule has 0 spiro atoms. The summed E-state index contributed by atoms with van der Waals surface area (Å²) in [6.45, 7) is 9.95. The lowest BCUT2D eigenvalue weighted by Crippen LogP contribution is -2.20. The van der Waals surface area contributed by atoms with Crippen LogP contribution in [0, 0.1) is 0 Å². The number of pyridine rings is 1. The Balaban J connectivity index is 2.17. The van der Waals surface area contributed by atoms with Gasteiger partial charge in [-0.2, -0.15) is 0 Å².